The van der Waals surface area contributed by atoms with Crippen LogP contribution in [0.5, 0.6) is 0 Å². The van der Waals surface area contributed by atoms with Gasteiger partial charge in [0.2, 0.25) is 0 Å². The molecule has 2 unspecified atom stereocenters. The normalized spacial score (nSPS) is 33.3. The Balaban J connectivity index is 1.99. The van der Waals surface area contributed by atoms with Crippen LogP contribution in [0.25, 0.3) is 0 Å². The average Bonchev–Trinajstić information content (AvgIpc) is 2.76. The molecule has 1 saturated carbocycles. The highest BCUT2D eigenvalue weighted by molar-refractivity contribution is 5.65. The minimum absolute atomic E-state index is 0.155. The van der Waals surface area contributed by atoms with Gasteiger partial charge < -0.3 is 4.74 Å². The topological polar surface area (TPSA) is 26.3 Å². The van der Waals surface area contributed by atoms with E-state index in [1.807, 2.05) is 12.2 Å². The van der Waals surface area contributed by atoms with E-state index in [0.29, 0.717) is 30.3 Å². The van der Waals surface area contributed by atoms with E-state index in [-0.39, 0.29) is 5.97 Å². The first kappa shape index (κ1) is 14.1. The van der Waals surface area contributed by atoms with E-state index in [1.165, 1.54) is 26.2 Å². The first-order chi connectivity index (χ1) is 9.22. The molecule has 1 fully saturated rings. The van der Waals surface area contributed by atoms with E-state index < -0.39 is 0 Å². The maximum absolute atomic E-state index is 11.0. The Bertz CT molecular complexity index is 381. The zero-order valence-corrected chi connectivity index (χ0v) is 11.8. The molecule has 0 amide bonds. The fraction of sp³-hybridized carbons (Fsp3) is 0.588. The molecule has 2 heteroatoms. The van der Waals surface area contributed by atoms with Crippen LogP contribution in [0.1, 0.15) is 32.6 Å². The van der Waals surface area contributed by atoms with Gasteiger partial charge in [0.25, 0.3) is 0 Å². The van der Waals surface area contributed by atoms with Crippen LogP contribution in [0, 0.1) is 23.7 Å². The van der Waals surface area contributed by atoms with Crippen molar-refractivity contribution in [3.8, 4) is 0 Å². The fourth-order valence-electron chi connectivity index (χ4n) is 3.67. The molecular weight excluding hydrogens is 236 g/mol. The largest absolute Gasteiger partial charge is 0.466 e. The maximum atomic E-state index is 11.0. The highest BCUT2D eigenvalue weighted by atomic mass is 16.5. The summed E-state index contributed by atoms with van der Waals surface area (Å²) in [7, 11) is 0. The monoisotopic (exact) mass is 260 g/mol. The lowest BCUT2D eigenvalue weighted by Gasteiger charge is -2.27. The standard InChI is InChI=1S/C17H24O2/c1-3-4-5-8-14-11-15(12-19-13(2)18)17-10-7-6-9-16(14)17/h3-6,9,14-17H,1,7-8,10-12H2,2H3/b5-4-/t14-,15?,16-,17?/m1/s1. The van der Waals surface area contributed by atoms with Crippen molar-refractivity contribution in [1.82, 2.24) is 0 Å². The van der Waals surface area contributed by atoms with Gasteiger partial charge in [-0.2, -0.15) is 0 Å². The van der Waals surface area contributed by atoms with E-state index in [9.17, 15) is 4.79 Å². The molecule has 0 heterocycles. The van der Waals surface area contributed by atoms with E-state index in [0.717, 1.165) is 6.42 Å². The third-order valence-electron chi connectivity index (χ3n) is 4.49. The van der Waals surface area contributed by atoms with Crippen LogP contribution >= 0.6 is 0 Å². The zero-order valence-electron chi connectivity index (χ0n) is 11.8. The zero-order chi connectivity index (χ0) is 13.7. The van der Waals surface area contributed by atoms with Crippen molar-refractivity contribution in [3.05, 3.63) is 37.0 Å². The molecule has 0 bridgehead atoms. The summed E-state index contributed by atoms with van der Waals surface area (Å²) in [5.41, 5.74) is 0. The predicted molar refractivity (Wildman–Crippen MR) is 77.5 cm³/mol. The minimum atomic E-state index is -0.155. The number of esters is 1. The van der Waals surface area contributed by atoms with Crippen LogP contribution in [0.4, 0.5) is 0 Å². The van der Waals surface area contributed by atoms with Crippen LogP contribution in [0.3, 0.4) is 0 Å². The summed E-state index contributed by atoms with van der Waals surface area (Å²) in [6.45, 7) is 5.81. The summed E-state index contributed by atoms with van der Waals surface area (Å²) in [6, 6.07) is 0. The van der Waals surface area contributed by atoms with Crippen molar-refractivity contribution in [1.29, 1.82) is 0 Å². The summed E-state index contributed by atoms with van der Waals surface area (Å²) in [5, 5.41) is 0. The van der Waals surface area contributed by atoms with Gasteiger partial charge in [0.1, 0.15) is 0 Å². The first-order valence-corrected chi connectivity index (χ1v) is 7.30. The summed E-state index contributed by atoms with van der Waals surface area (Å²) in [6.07, 6.45) is 15.5. The number of rotatable bonds is 5. The molecule has 2 nitrogen and oxygen atoms in total. The smallest absolute Gasteiger partial charge is 0.302 e. The number of fused-ring (bicyclic) bond motifs is 1. The molecule has 0 aliphatic heterocycles. The SMILES string of the molecule is C=C/C=C\C[C@@H]1CC(COC(C)=O)C2CCC=C[C@@H]21. The molecule has 0 saturated heterocycles. The van der Waals surface area contributed by atoms with Crippen LogP contribution in [-0.2, 0) is 9.53 Å². The highest BCUT2D eigenvalue weighted by Crippen LogP contribution is 2.48. The Morgan fingerprint density at radius 2 is 2.32 bits per heavy atom. The van der Waals surface area contributed by atoms with Crippen molar-refractivity contribution < 1.29 is 9.53 Å². The number of hydrogen-bond donors (Lipinski definition) is 0. The molecule has 4 atom stereocenters. The molecule has 0 aromatic rings. The second-order valence-corrected chi connectivity index (χ2v) is 5.70. The molecule has 19 heavy (non-hydrogen) atoms. The van der Waals surface area contributed by atoms with E-state index >= 15 is 0 Å². The van der Waals surface area contributed by atoms with Crippen LogP contribution in [-0.4, -0.2) is 12.6 Å². The van der Waals surface area contributed by atoms with Crippen molar-refractivity contribution in [3.63, 3.8) is 0 Å². The van der Waals surface area contributed by atoms with Gasteiger partial charge in [-0.25, -0.2) is 0 Å². The molecular formula is C17H24O2. The molecule has 0 N–H and O–H groups in total. The maximum Gasteiger partial charge on any atom is 0.302 e. The van der Waals surface area contributed by atoms with Crippen LogP contribution < -0.4 is 0 Å². The Kier molecular flexibility index (Phi) is 5.00. The van der Waals surface area contributed by atoms with Crippen molar-refractivity contribution in [2.24, 2.45) is 23.7 Å². The number of carbonyl (C=O) groups excluding carboxylic acids is 1. The van der Waals surface area contributed by atoms with Gasteiger partial charge in [0.05, 0.1) is 6.61 Å². The number of ether oxygens (including phenoxy) is 1. The average molecular weight is 260 g/mol. The second-order valence-electron chi connectivity index (χ2n) is 5.70. The van der Waals surface area contributed by atoms with Gasteiger partial charge >= 0.3 is 5.97 Å². The van der Waals surface area contributed by atoms with Gasteiger partial charge in [-0.05, 0) is 49.4 Å². The molecule has 2 aliphatic carbocycles. The molecule has 0 aromatic heterocycles. The summed E-state index contributed by atoms with van der Waals surface area (Å²) in [5.74, 6) is 2.45. The lowest BCUT2D eigenvalue weighted by molar-refractivity contribution is -0.142. The molecule has 0 aromatic carbocycles. The lowest BCUT2D eigenvalue weighted by Crippen LogP contribution is -2.22. The molecule has 2 rings (SSSR count). The lowest BCUT2D eigenvalue weighted by atomic mass is 9.79. The quantitative estimate of drug-likeness (QED) is 0.426. The van der Waals surface area contributed by atoms with E-state index in [4.69, 9.17) is 4.74 Å². The third kappa shape index (κ3) is 3.59. The first-order valence-electron chi connectivity index (χ1n) is 7.30. The summed E-state index contributed by atoms with van der Waals surface area (Å²) in [4.78, 5) is 11.0. The highest BCUT2D eigenvalue weighted by Gasteiger charge is 2.42. The van der Waals surface area contributed by atoms with Crippen LogP contribution in [0.2, 0.25) is 0 Å². The predicted octanol–water partition coefficient (Wildman–Crippen LogP) is 3.90. The Labute approximate surface area is 116 Å². The second kappa shape index (κ2) is 6.74. The number of carbonyl (C=O) groups is 1. The van der Waals surface area contributed by atoms with Gasteiger partial charge in [0, 0.05) is 6.92 Å². The molecule has 104 valence electrons. The summed E-state index contributed by atoms with van der Waals surface area (Å²) < 4.78 is 5.25. The number of allylic oxidation sites excluding steroid dienone is 5. The molecule has 2 aliphatic rings. The Hall–Kier alpha value is -1.31. The molecule has 0 spiro atoms. The minimum Gasteiger partial charge on any atom is -0.466 e. The number of hydrogen-bond acceptors (Lipinski definition) is 2. The van der Waals surface area contributed by atoms with Gasteiger partial charge in [-0.1, -0.05) is 37.0 Å². The van der Waals surface area contributed by atoms with E-state index in [2.05, 4.69) is 24.8 Å². The van der Waals surface area contributed by atoms with Crippen molar-refractivity contribution >= 4 is 5.97 Å². The summed E-state index contributed by atoms with van der Waals surface area (Å²) >= 11 is 0. The molecule has 0 radical (unpaired) electrons. The van der Waals surface area contributed by atoms with Crippen molar-refractivity contribution in [2.45, 2.75) is 32.6 Å². The Morgan fingerprint density at radius 1 is 1.47 bits per heavy atom. The Morgan fingerprint density at radius 3 is 3.05 bits per heavy atom. The van der Waals surface area contributed by atoms with Crippen molar-refractivity contribution in [2.75, 3.05) is 6.61 Å². The van der Waals surface area contributed by atoms with Gasteiger partial charge in [-0.15, -0.1) is 0 Å². The fourth-order valence-corrected chi connectivity index (χ4v) is 3.67. The van der Waals surface area contributed by atoms with Gasteiger partial charge in [-0.3, -0.25) is 4.79 Å². The van der Waals surface area contributed by atoms with Crippen LogP contribution in [0.15, 0.2) is 37.0 Å². The third-order valence-corrected chi connectivity index (χ3v) is 4.49. The van der Waals surface area contributed by atoms with E-state index in [1.54, 1.807) is 0 Å². The van der Waals surface area contributed by atoms with Gasteiger partial charge in [0.15, 0.2) is 0 Å².